The van der Waals surface area contributed by atoms with E-state index in [1.807, 2.05) is 6.92 Å². The molecule has 0 unspecified atom stereocenters. The van der Waals surface area contributed by atoms with E-state index in [0.717, 1.165) is 12.8 Å². The van der Waals surface area contributed by atoms with E-state index >= 15 is 0 Å². The first-order valence-electron chi connectivity index (χ1n) is 7.31. The second kappa shape index (κ2) is 8.55. The number of hydrogen-bond acceptors (Lipinski definition) is 3. The van der Waals surface area contributed by atoms with Gasteiger partial charge in [0, 0.05) is 25.4 Å². The number of nitrogens with one attached hydrogen (secondary N) is 2. The average Bonchev–Trinajstić information content (AvgIpc) is 2.39. The van der Waals surface area contributed by atoms with Crippen molar-refractivity contribution in [1.82, 2.24) is 10.6 Å². The van der Waals surface area contributed by atoms with Crippen LogP contribution < -0.4 is 10.6 Å². The lowest BCUT2D eigenvalue weighted by Crippen LogP contribution is -2.38. The van der Waals surface area contributed by atoms with E-state index in [9.17, 15) is 14.4 Å². The van der Waals surface area contributed by atoms with Crippen LogP contribution in [-0.2, 0) is 14.4 Å². The quantitative estimate of drug-likeness (QED) is 0.651. The summed E-state index contributed by atoms with van der Waals surface area (Å²) >= 11 is 0. The van der Waals surface area contributed by atoms with Crippen molar-refractivity contribution in [3.05, 3.63) is 0 Å². The zero-order valence-electron chi connectivity index (χ0n) is 12.0. The van der Waals surface area contributed by atoms with Gasteiger partial charge in [-0.15, -0.1) is 0 Å². The van der Waals surface area contributed by atoms with Crippen LogP contribution in [0.3, 0.4) is 0 Å². The lowest BCUT2D eigenvalue weighted by molar-refractivity contribution is -0.142. The van der Waals surface area contributed by atoms with Crippen LogP contribution in [0.25, 0.3) is 0 Å². The number of hydrogen-bond donors (Lipinski definition) is 3. The third kappa shape index (κ3) is 6.04. The van der Waals surface area contributed by atoms with Gasteiger partial charge in [0.15, 0.2) is 0 Å². The Morgan fingerprint density at radius 1 is 1.05 bits per heavy atom. The summed E-state index contributed by atoms with van der Waals surface area (Å²) < 4.78 is 0. The number of rotatable bonds is 7. The number of carboxylic acid groups (broad SMARTS) is 1. The second-order valence-electron chi connectivity index (χ2n) is 5.26. The molecule has 1 rings (SSSR count). The van der Waals surface area contributed by atoms with Gasteiger partial charge >= 0.3 is 5.97 Å². The molecule has 1 aliphatic carbocycles. The molecule has 114 valence electrons. The molecular weight excluding hydrogens is 260 g/mol. The van der Waals surface area contributed by atoms with Crippen molar-refractivity contribution in [2.24, 2.45) is 5.92 Å². The Morgan fingerprint density at radius 2 is 1.65 bits per heavy atom. The Kier molecular flexibility index (Phi) is 7.04. The molecule has 0 heterocycles. The van der Waals surface area contributed by atoms with E-state index in [-0.39, 0.29) is 23.8 Å². The Hall–Kier alpha value is -1.59. The molecule has 20 heavy (non-hydrogen) atoms. The molecule has 0 aromatic rings. The normalized spacial score (nSPS) is 22.1. The van der Waals surface area contributed by atoms with E-state index in [1.165, 1.54) is 0 Å². The van der Waals surface area contributed by atoms with Crippen LogP contribution in [0.1, 0.15) is 51.9 Å². The second-order valence-corrected chi connectivity index (χ2v) is 5.26. The summed E-state index contributed by atoms with van der Waals surface area (Å²) in [7, 11) is 0. The van der Waals surface area contributed by atoms with Gasteiger partial charge in [-0.25, -0.2) is 0 Å². The first kappa shape index (κ1) is 16.5. The van der Waals surface area contributed by atoms with E-state index in [2.05, 4.69) is 10.6 Å². The van der Waals surface area contributed by atoms with Gasteiger partial charge in [-0.3, -0.25) is 14.4 Å². The standard InChI is InChI=1S/C14H24N2O4/c1-2-15-12(17)4-3-5-13(18)16-11-8-6-10(7-9-11)14(19)20/h10-11H,2-9H2,1H3,(H,15,17)(H,16,18)(H,19,20). The van der Waals surface area contributed by atoms with Gasteiger partial charge in [-0.2, -0.15) is 0 Å². The average molecular weight is 284 g/mol. The number of carboxylic acids is 1. The molecule has 0 atom stereocenters. The number of amides is 2. The summed E-state index contributed by atoms with van der Waals surface area (Å²) in [5.41, 5.74) is 0. The van der Waals surface area contributed by atoms with Gasteiger partial charge in [0.05, 0.1) is 5.92 Å². The Balaban J connectivity index is 2.14. The molecule has 2 amide bonds. The third-order valence-electron chi connectivity index (χ3n) is 3.62. The van der Waals surface area contributed by atoms with Crippen molar-refractivity contribution >= 4 is 17.8 Å². The molecule has 0 spiro atoms. The Labute approximate surface area is 119 Å². The van der Waals surface area contributed by atoms with Crippen molar-refractivity contribution in [2.75, 3.05) is 6.54 Å². The minimum Gasteiger partial charge on any atom is -0.481 e. The monoisotopic (exact) mass is 284 g/mol. The fourth-order valence-corrected chi connectivity index (χ4v) is 2.48. The topological polar surface area (TPSA) is 95.5 Å². The van der Waals surface area contributed by atoms with Crippen LogP contribution in [0.5, 0.6) is 0 Å². The minimum absolute atomic E-state index is 0.0257. The molecule has 0 radical (unpaired) electrons. The number of aliphatic carboxylic acids is 1. The molecule has 0 aromatic heterocycles. The SMILES string of the molecule is CCNC(=O)CCCC(=O)NC1CCC(C(=O)O)CC1. The summed E-state index contributed by atoms with van der Waals surface area (Å²) in [6.45, 7) is 2.47. The van der Waals surface area contributed by atoms with E-state index < -0.39 is 5.97 Å². The van der Waals surface area contributed by atoms with Gasteiger partial charge in [0.25, 0.3) is 0 Å². The third-order valence-corrected chi connectivity index (χ3v) is 3.62. The predicted octanol–water partition coefficient (Wildman–Crippen LogP) is 1.05. The van der Waals surface area contributed by atoms with Gasteiger partial charge < -0.3 is 15.7 Å². The molecule has 0 aliphatic heterocycles. The van der Waals surface area contributed by atoms with Crippen LogP contribution in [0.15, 0.2) is 0 Å². The van der Waals surface area contributed by atoms with Crippen LogP contribution in [0.4, 0.5) is 0 Å². The zero-order valence-corrected chi connectivity index (χ0v) is 12.0. The van der Waals surface area contributed by atoms with E-state index in [4.69, 9.17) is 5.11 Å². The largest absolute Gasteiger partial charge is 0.481 e. The fourth-order valence-electron chi connectivity index (χ4n) is 2.48. The Bertz CT molecular complexity index is 349. The van der Waals surface area contributed by atoms with Crippen LogP contribution in [-0.4, -0.2) is 35.5 Å². The molecule has 1 aliphatic rings. The van der Waals surface area contributed by atoms with Crippen LogP contribution in [0.2, 0.25) is 0 Å². The predicted molar refractivity (Wildman–Crippen MR) is 74.1 cm³/mol. The van der Waals surface area contributed by atoms with Gasteiger partial charge in [0.2, 0.25) is 11.8 Å². The molecule has 0 saturated heterocycles. The molecule has 0 bridgehead atoms. The van der Waals surface area contributed by atoms with E-state index in [1.54, 1.807) is 0 Å². The molecular formula is C14H24N2O4. The zero-order chi connectivity index (χ0) is 15.0. The molecule has 6 nitrogen and oxygen atoms in total. The minimum atomic E-state index is -0.739. The number of carbonyl (C=O) groups is 3. The maximum absolute atomic E-state index is 11.7. The highest BCUT2D eigenvalue weighted by molar-refractivity contribution is 5.79. The lowest BCUT2D eigenvalue weighted by Gasteiger charge is -2.26. The highest BCUT2D eigenvalue weighted by Crippen LogP contribution is 2.24. The van der Waals surface area contributed by atoms with Crippen molar-refractivity contribution in [3.63, 3.8) is 0 Å². The first-order chi connectivity index (χ1) is 9.52. The maximum atomic E-state index is 11.7. The van der Waals surface area contributed by atoms with Crippen molar-refractivity contribution in [1.29, 1.82) is 0 Å². The fraction of sp³-hybridized carbons (Fsp3) is 0.786. The van der Waals surface area contributed by atoms with Crippen LogP contribution >= 0.6 is 0 Å². The maximum Gasteiger partial charge on any atom is 0.306 e. The molecule has 1 fully saturated rings. The summed E-state index contributed by atoms with van der Waals surface area (Å²) in [4.78, 5) is 33.7. The number of carbonyl (C=O) groups excluding carboxylic acids is 2. The Morgan fingerprint density at radius 3 is 2.20 bits per heavy atom. The van der Waals surface area contributed by atoms with E-state index in [0.29, 0.717) is 38.6 Å². The first-order valence-corrected chi connectivity index (χ1v) is 7.31. The smallest absolute Gasteiger partial charge is 0.306 e. The lowest BCUT2D eigenvalue weighted by atomic mass is 9.86. The van der Waals surface area contributed by atoms with Crippen molar-refractivity contribution in [2.45, 2.75) is 57.9 Å². The van der Waals surface area contributed by atoms with Crippen LogP contribution in [0, 0.1) is 5.92 Å². The molecule has 6 heteroatoms. The van der Waals surface area contributed by atoms with Gasteiger partial charge in [-0.05, 0) is 39.0 Å². The summed E-state index contributed by atoms with van der Waals surface area (Å²) in [5, 5.41) is 14.5. The molecule has 3 N–H and O–H groups in total. The molecule has 1 saturated carbocycles. The highest BCUT2D eigenvalue weighted by atomic mass is 16.4. The van der Waals surface area contributed by atoms with Gasteiger partial charge in [0.1, 0.15) is 0 Å². The summed E-state index contributed by atoms with van der Waals surface area (Å²) in [6, 6.07) is 0.0857. The summed E-state index contributed by atoms with van der Waals surface area (Å²) in [5.74, 6) is -1.08. The van der Waals surface area contributed by atoms with Crippen molar-refractivity contribution in [3.8, 4) is 0 Å². The molecule has 0 aromatic carbocycles. The highest BCUT2D eigenvalue weighted by Gasteiger charge is 2.26. The summed E-state index contributed by atoms with van der Waals surface area (Å²) in [6.07, 6.45) is 3.95. The van der Waals surface area contributed by atoms with Crippen molar-refractivity contribution < 1.29 is 19.5 Å². The van der Waals surface area contributed by atoms with Gasteiger partial charge in [-0.1, -0.05) is 0 Å².